The molecule has 0 aliphatic heterocycles. The number of esters is 1. The molecule has 1 aromatic rings. The van der Waals surface area contributed by atoms with Crippen LogP contribution in [0.3, 0.4) is 0 Å². The Bertz CT molecular complexity index is 645. The van der Waals surface area contributed by atoms with E-state index >= 15 is 0 Å². The molecule has 0 saturated heterocycles. The molecule has 0 unspecified atom stereocenters. The number of hydrogen-bond donors (Lipinski definition) is 0. The molecule has 8 heteroatoms. The van der Waals surface area contributed by atoms with Gasteiger partial charge in [0.15, 0.2) is 0 Å². The van der Waals surface area contributed by atoms with Gasteiger partial charge in [-0.1, -0.05) is 0 Å². The third-order valence-corrected chi connectivity index (χ3v) is 4.49. The summed E-state index contributed by atoms with van der Waals surface area (Å²) in [5, 5.41) is 11.2. The number of nitrogens with zero attached hydrogens (tertiary/aromatic N) is 2. The van der Waals surface area contributed by atoms with Crippen molar-refractivity contribution in [2.45, 2.75) is 36.7 Å². The summed E-state index contributed by atoms with van der Waals surface area (Å²) in [6.45, 7) is 1.58. The summed E-state index contributed by atoms with van der Waals surface area (Å²) in [6.07, 6.45) is 3.39. The molecule has 2 rings (SSSR count). The van der Waals surface area contributed by atoms with Crippen molar-refractivity contribution >= 4 is 29.3 Å². The molecule has 1 atom stereocenters. The number of rotatable bonds is 6. The Morgan fingerprint density at radius 1 is 1.43 bits per heavy atom. The number of nitro groups is 1. The molecule has 1 aliphatic carbocycles. The van der Waals surface area contributed by atoms with E-state index in [0.717, 1.165) is 17.7 Å². The molecule has 1 aliphatic rings. The number of amides is 1. The van der Waals surface area contributed by atoms with Crippen molar-refractivity contribution in [3.8, 4) is 0 Å². The van der Waals surface area contributed by atoms with Crippen molar-refractivity contribution < 1.29 is 19.2 Å². The zero-order chi connectivity index (χ0) is 17.1. The minimum absolute atomic E-state index is 0.00417. The first-order valence-electron chi connectivity index (χ1n) is 7.13. The van der Waals surface area contributed by atoms with Crippen LogP contribution in [-0.4, -0.2) is 47.1 Å². The summed E-state index contributed by atoms with van der Waals surface area (Å²) in [6, 6.07) is 3.58. The fraction of sp³-hybridized carbons (Fsp3) is 0.467. The molecule has 124 valence electrons. The standard InChI is InChI=1S/C15H18N2O5S/c1-9(15(19)22-2)16(10-4-5-10)14(18)12-8-11(23-3)6-7-13(12)17(20)21/h6-10H,4-5H2,1-3H3/t9-/m0/s1. The van der Waals surface area contributed by atoms with Gasteiger partial charge in [-0.3, -0.25) is 14.9 Å². The Hall–Kier alpha value is -2.09. The number of benzene rings is 1. The third-order valence-electron chi connectivity index (χ3n) is 3.77. The lowest BCUT2D eigenvalue weighted by Crippen LogP contribution is -2.45. The number of methoxy groups -OCH3 is 1. The van der Waals surface area contributed by atoms with Crippen LogP contribution in [0.15, 0.2) is 23.1 Å². The lowest BCUT2D eigenvalue weighted by Gasteiger charge is -2.27. The summed E-state index contributed by atoms with van der Waals surface area (Å²) in [4.78, 5) is 37.5. The van der Waals surface area contributed by atoms with Gasteiger partial charge in [-0.15, -0.1) is 11.8 Å². The predicted octanol–water partition coefficient (Wildman–Crippen LogP) is 2.48. The van der Waals surface area contributed by atoms with Crippen LogP contribution in [-0.2, 0) is 9.53 Å². The van der Waals surface area contributed by atoms with E-state index in [1.54, 1.807) is 13.0 Å². The molecule has 0 heterocycles. The normalized spacial score (nSPS) is 14.9. The number of thioether (sulfide) groups is 1. The molecule has 0 bridgehead atoms. The van der Waals surface area contributed by atoms with Crippen LogP contribution in [0.5, 0.6) is 0 Å². The highest BCUT2D eigenvalue weighted by Crippen LogP contribution is 2.33. The van der Waals surface area contributed by atoms with Crippen LogP contribution in [0.2, 0.25) is 0 Å². The first-order valence-corrected chi connectivity index (χ1v) is 8.36. The molecular weight excluding hydrogens is 320 g/mol. The molecule has 23 heavy (non-hydrogen) atoms. The quantitative estimate of drug-likeness (QED) is 0.343. The summed E-state index contributed by atoms with van der Waals surface area (Å²) >= 11 is 1.39. The van der Waals surface area contributed by atoms with Gasteiger partial charge in [0, 0.05) is 17.0 Å². The number of ether oxygens (including phenoxy) is 1. The molecule has 0 radical (unpaired) electrons. The lowest BCUT2D eigenvalue weighted by molar-refractivity contribution is -0.385. The molecule has 0 spiro atoms. The minimum Gasteiger partial charge on any atom is -0.467 e. The van der Waals surface area contributed by atoms with E-state index < -0.39 is 22.8 Å². The zero-order valence-corrected chi connectivity index (χ0v) is 14.0. The average molecular weight is 338 g/mol. The Balaban J connectivity index is 2.43. The van der Waals surface area contributed by atoms with Gasteiger partial charge in [-0.05, 0) is 38.2 Å². The van der Waals surface area contributed by atoms with Crippen LogP contribution < -0.4 is 0 Å². The van der Waals surface area contributed by atoms with Crippen LogP contribution in [0.1, 0.15) is 30.1 Å². The number of nitro benzene ring substituents is 1. The fourth-order valence-corrected chi connectivity index (χ4v) is 2.85. The van der Waals surface area contributed by atoms with Crippen LogP contribution >= 0.6 is 11.8 Å². The fourth-order valence-electron chi connectivity index (χ4n) is 2.41. The Morgan fingerprint density at radius 3 is 2.57 bits per heavy atom. The van der Waals surface area contributed by atoms with Crippen molar-refractivity contribution in [2.24, 2.45) is 0 Å². The Labute approximate surface area is 138 Å². The van der Waals surface area contributed by atoms with Crippen molar-refractivity contribution in [2.75, 3.05) is 13.4 Å². The number of carbonyl (C=O) groups excluding carboxylic acids is 2. The topological polar surface area (TPSA) is 89.8 Å². The highest BCUT2D eigenvalue weighted by molar-refractivity contribution is 7.98. The van der Waals surface area contributed by atoms with Gasteiger partial charge >= 0.3 is 5.97 Å². The maximum atomic E-state index is 12.9. The van der Waals surface area contributed by atoms with E-state index in [2.05, 4.69) is 0 Å². The molecule has 1 fully saturated rings. The van der Waals surface area contributed by atoms with Crippen molar-refractivity contribution in [3.63, 3.8) is 0 Å². The summed E-state index contributed by atoms with van der Waals surface area (Å²) < 4.78 is 4.71. The van der Waals surface area contributed by atoms with Gasteiger partial charge in [-0.25, -0.2) is 4.79 Å². The van der Waals surface area contributed by atoms with Crippen molar-refractivity contribution in [1.82, 2.24) is 4.90 Å². The van der Waals surface area contributed by atoms with Crippen molar-refractivity contribution in [3.05, 3.63) is 33.9 Å². The van der Waals surface area contributed by atoms with E-state index in [4.69, 9.17) is 4.74 Å². The lowest BCUT2D eigenvalue weighted by atomic mass is 10.1. The maximum Gasteiger partial charge on any atom is 0.328 e. The number of hydrogen-bond acceptors (Lipinski definition) is 6. The van der Waals surface area contributed by atoms with Gasteiger partial charge in [0.05, 0.1) is 12.0 Å². The molecule has 0 N–H and O–H groups in total. The van der Waals surface area contributed by atoms with E-state index in [1.807, 2.05) is 6.26 Å². The molecular formula is C15H18N2O5S. The third kappa shape index (κ3) is 3.64. The van der Waals surface area contributed by atoms with Crippen LogP contribution in [0, 0.1) is 10.1 Å². The molecule has 0 aromatic heterocycles. The monoisotopic (exact) mass is 338 g/mol. The Morgan fingerprint density at radius 2 is 2.09 bits per heavy atom. The van der Waals surface area contributed by atoms with Gasteiger partial charge < -0.3 is 9.64 Å². The second-order valence-corrected chi connectivity index (χ2v) is 6.16. The largest absolute Gasteiger partial charge is 0.467 e. The molecule has 7 nitrogen and oxygen atoms in total. The summed E-state index contributed by atoms with van der Waals surface area (Å²) in [5.41, 5.74) is -0.250. The predicted molar refractivity (Wildman–Crippen MR) is 85.5 cm³/mol. The molecule has 1 amide bonds. The zero-order valence-electron chi connectivity index (χ0n) is 13.1. The van der Waals surface area contributed by atoms with Gasteiger partial charge in [-0.2, -0.15) is 0 Å². The van der Waals surface area contributed by atoms with Crippen LogP contribution in [0.4, 0.5) is 5.69 Å². The smallest absolute Gasteiger partial charge is 0.328 e. The van der Waals surface area contributed by atoms with Crippen molar-refractivity contribution in [1.29, 1.82) is 0 Å². The first-order chi connectivity index (χ1) is 10.9. The Kier molecular flexibility index (Phi) is 5.25. The second kappa shape index (κ2) is 6.99. The van der Waals surface area contributed by atoms with E-state index in [-0.39, 0.29) is 17.3 Å². The first kappa shape index (κ1) is 17.3. The highest BCUT2D eigenvalue weighted by atomic mass is 32.2. The van der Waals surface area contributed by atoms with Gasteiger partial charge in [0.1, 0.15) is 11.6 Å². The number of carbonyl (C=O) groups is 2. The highest BCUT2D eigenvalue weighted by Gasteiger charge is 2.41. The van der Waals surface area contributed by atoms with E-state index in [9.17, 15) is 19.7 Å². The minimum atomic E-state index is -0.780. The van der Waals surface area contributed by atoms with E-state index in [0.29, 0.717) is 0 Å². The molecule has 1 aromatic carbocycles. The average Bonchev–Trinajstić information content (AvgIpc) is 3.37. The summed E-state index contributed by atoms with van der Waals surface area (Å²) in [7, 11) is 1.26. The van der Waals surface area contributed by atoms with Gasteiger partial charge in [0.25, 0.3) is 11.6 Å². The second-order valence-electron chi connectivity index (χ2n) is 5.28. The summed E-state index contributed by atoms with van der Waals surface area (Å²) in [5.74, 6) is -1.04. The van der Waals surface area contributed by atoms with Gasteiger partial charge in [0.2, 0.25) is 0 Å². The van der Waals surface area contributed by atoms with E-state index in [1.165, 1.54) is 35.9 Å². The SMILES string of the molecule is COC(=O)[C@H](C)N(C(=O)c1cc(SC)ccc1[N+](=O)[O-])C1CC1. The van der Waals surface area contributed by atoms with Crippen LogP contribution in [0.25, 0.3) is 0 Å². The maximum absolute atomic E-state index is 12.9. The molecule has 1 saturated carbocycles.